The van der Waals surface area contributed by atoms with E-state index in [1.54, 1.807) is 12.2 Å². The molecule has 0 amide bonds. The van der Waals surface area contributed by atoms with Gasteiger partial charge < -0.3 is 44.6 Å². The Balaban J connectivity index is 2.62. The van der Waals surface area contributed by atoms with Gasteiger partial charge in [-0.1, -0.05) is 138 Å². The maximum absolute atomic E-state index is 13.0. The average molecular weight is 1010 g/mol. The molecular formula is C49H82O17P2. The predicted octanol–water partition coefficient (Wildman–Crippen LogP) is 8.80. The van der Waals surface area contributed by atoms with Gasteiger partial charge in [-0.2, -0.15) is 0 Å². The molecule has 1 rings (SSSR count). The summed E-state index contributed by atoms with van der Waals surface area (Å²) in [7, 11) is -10.7. The van der Waals surface area contributed by atoms with E-state index in [1.807, 2.05) is 6.08 Å². The number of ketones is 1. The number of hydrogen-bond donors (Lipinski definition) is 7. The van der Waals surface area contributed by atoms with Crippen LogP contribution in [0.3, 0.4) is 0 Å². The van der Waals surface area contributed by atoms with Crippen LogP contribution in [0.25, 0.3) is 0 Å². The summed E-state index contributed by atoms with van der Waals surface area (Å²) in [6.45, 7) is 2.83. The molecule has 0 aromatic carbocycles. The summed E-state index contributed by atoms with van der Waals surface area (Å²) in [6.07, 6.45) is 28.1. The van der Waals surface area contributed by atoms with Gasteiger partial charge in [-0.05, 0) is 76.7 Å². The van der Waals surface area contributed by atoms with Crippen molar-refractivity contribution < 1.29 is 81.7 Å². The minimum atomic E-state index is -5.38. The Morgan fingerprint density at radius 3 is 1.62 bits per heavy atom. The lowest BCUT2D eigenvalue weighted by atomic mass is 9.85. The lowest BCUT2D eigenvalue weighted by Gasteiger charge is -2.43. The highest BCUT2D eigenvalue weighted by Crippen LogP contribution is 2.49. The standard InChI is InChI=1S/C49H82O17P2/c1-3-5-7-9-11-12-13-14-15-16-17-18-19-20-21-22-24-28-33-37-43(52)64-41(38-62-42(51)36-32-29-25-27-31-35-40(50)34-30-26-23-10-8-6-4-2)39-63-68(60,61)66-49-46(55)44(53)45(54)48(47(49)56)65-67(57,58)59/h5,7,11-12,14-15,17-18,23,26,30,34,41,44-49,53-56H,3-4,6,8-10,13,16,19-22,24-25,27-29,31-33,35-39H2,1-2H3,(H,60,61)(H2,57,58,59)/b7-5-,12-11-,15-14-,18-17-,26-23-,34-30+/t41-,44?,45?,46?,47?,48-,49+/m1/s1. The largest absolute Gasteiger partial charge is 0.472 e. The molecule has 0 heterocycles. The first-order valence-electron chi connectivity index (χ1n) is 24.4. The van der Waals surface area contributed by atoms with Crippen LogP contribution < -0.4 is 0 Å². The third kappa shape index (κ3) is 32.8. The Kier molecular flexibility index (Phi) is 36.0. The van der Waals surface area contributed by atoms with Crippen molar-refractivity contribution in [2.45, 2.75) is 204 Å². The predicted molar refractivity (Wildman–Crippen MR) is 260 cm³/mol. The van der Waals surface area contributed by atoms with Crippen molar-refractivity contribution in [2.24, 2.45) is 0 Å². The first-order chi connectivity index (χ1) is 32.5. The van der Waals surface area contributed by atoms with Crippen LogP contribution in [0.15, 0.2) is 72.9 Å². The molecule has 17 nitrogen and oxygen atoms in total. The molecule has 390 valence electrons. The molecule has 1 saturated carbocycles. The summed E-state index contributed by atoms with van der Waals surface area (Å²) in [6, 6.07) is 0. The van der Waals surface area contributed by atoms with Gasteiger partial charge in [0, 0.05) is 19.3 Å². The topological polar surface area (TPSA) is 273 Å². The second kappa shape index (κ2) is 38.8. The van der Waals surface area contributed by atoms with E-state index in [-0.39, 0.29) is 18.6 Å². The number of carbonyl (C=O) groups excluding carboxylic acids is 3. The number of unbranched alkanes of at least 4 members (excludes halogenated alkanes) is 13. The van der Waals surface area contributed by atoms with E-state index >= 15 is 0 Å². The molecule has 1 aliphatic carbocycles. The van der Waals surface area contributed by atoms with Crippen molar-refractivity contribution in [2.75, 3.05) is 13.2 Å². The lowest BCUT2D eigenvalue weighted by Crippen LogP contribution is -2.64. The molecule has 0 aliphatic heterocycles. The molecule has 0 spiro atoms. The number of phosphoric ester groups is 2. The zero-order valence-electron chi connectivity index (χ0n) is 40.3. The van der Waals surface area contributed by atoms with Crippen molar-refractivity contribution >= 4 is 33.4 Å². The second-order valence-electron chi connectivity index (χ2n) is 16.8. The molecule has 1 aliphatic rings. The number of phosphoric acid groups is 2. The average Bonchev–Trinajstić information content (AvgIpc) is 3.29. The summed E-state index contributed by atoms with van der Waals surface area (Å²) >= 11 is 0. The fourth-order valence-electron chi connectivity index (χ4n) is 6.94. The van der Waals surface area contributed by atoms with Gasteiger partial charge in [-0.15, -0.1) is 0 Å². The van der Waals surface area contributed by atoms with Gasteiger partial charge in [0.2, 0.25) is 0 Å². The maximum Gasteiger partial charge on any atom is 0.472 e. The molecule has 8 atom stereocenters. The number of ether oxygens (including phenoxy) is 2. The summed E-state index contributed by atoms with van der Waals surface area (Å²) < 4.78 is 49.3. The molecule has 68 heavy (non-hydrogen) atoms. The second-order valence-corrected chi connectivity index (χ2v) is 19.4. The SMILES string of the molecule is CC/C=C\C/C=C\C/C=C\C/C=C\CCCCCCCCC(=O)O[C@H](COC(=O)CCCCCCCC(=O)/C=C/C=C\CCCCC)COP(=O)(O)O[C@H]1C(O)C(O)C(O)[C@@H](OP(=O)(O)O)C1O. The Bertz CT molecular complexity index is 1650. The van der Waals surface area contributed by atoms with Crippen LogP contribution in [0.1, 0.15) is 162 Å². The number of aliphatic hydroxyl groups is 4. The number of aliphatic hydroxyl groups excluding tert-OH is 4. The van der Waals surface area contributed by atoms with E-state index in [9.17, 15) is 58.6 Å². The molecule has 0 radical (unpaired) electrons. The number of hydrogen-bond acceptors (Lipinski definition) is 14. The van der Waals surface area contributed by atoms with Crippen LogP contribution in [0.2, 0.25) is 0 Å². The van der Waals surface area contributed by atoms with E-state index in [2.05, 4.69) is 73.1 Å². The van der Waals surface area contributed by atoms with E-state index in [4.69, 9.17) is 18.5 Å². The normalized spacial score (nSPS) is 21.8. The minimum Gasteiger partial charge on any atom is -0.462 e. The Morgan fingerprint density at radius 1 is 0.529 bits per heavy atom. The summed E-state index contributed by atoms with van der Waals surface area (Å²) in [5.74, 6) is -1.26. The molecule has 0 bridgehead atoms. The van der Waals surface area contributed by atoms with Crippen LogP contribution in [0, 0.1) is 0 Å². The minimum absolute atomic E-state index is 0.000620. The van der Waals surface area contributed by atoms with Gasteiger partial charge in [0.15, 0.2) is 11.9 Å². The number of carbonyl (C=O) groups is 3. The zero-order valence-corrected chi connectivity index (χ0v) is 42.0. The summed E-state index contributed by atoms with van der Waals surface area (Å²) in [5.41, 5.74) is 0. The molecule has 0 saturated heterocycles. The first-order valence-corrected chi connectivity index (χ1v) is 27.5. The molecular weight excluding hydrogens is 922 g/mol. The highest BCUT2D eigenvalue weighted by molar-refractivity contribution is 7.47. The lowest BCUT2D eigenvalue weighted by molar-refractivity contribution is -0.216. The molecule has 19 heteroatoms. The third-order valence-electron chi connectivity index (χ3n) is 10.7. The van der Waals surface area contributed by atoms with Gasteiger partial charge in [0.05, 0.1) is 6.61 Å². The fourth-order valence-corrected chi connectivity index (χ4v) is 8.48. The number of rotatable bonds is 40. The van der Waals surface area contributed by atoms with Crippen LogP contribution in [0.4, 0.5) is 0 Å². The highest BCUT2D eigenvalue weighted by atomic mass is 31.2. The third-order valence-corrected chi connectivity index (χ3v) is 12.2. The van der Waals surface area contributed by atoms with E-state index < -0.39 is 83.5 Å². The smallest absolute Gasteiger partial charge is 0.462 e. The number of esters is 2. The zero-order chi connectivity index (χ0) is 50.5. The molecule has 7 N–H and O–H groups in total. The summed E-state index contributed by atoms with van der Waals surface area (Å²) in [4.78, 5) is 66.4. The van der Waals surface area contributed by atoms with E-state index in [0.29, 0.717) is 25.7 Å². The van der Waals surface area contributed by atoms with Gasteiger partial charge in [-0.3, -0.25) is 28.0 Å². The van der Waals surface area contributed by atoms with Crippen molar-refractivity contribution in [3.8, 4) is 0 Å². The van der Waals surface area contributed by atoms with E-state index in [0.717, 1.165) is 103 Å². The van der Waals surface area contributed by atoms with Crippen LogP contribution >= 0.6 is 15.6 Å². The van der Waals surface area contributed by atoms with Gasteiger partial charge in [0.1, 0.15) is 43.2 Å². The van der Waals surface area contributed by atoms with Crippen LogP contribution in [-0.2, 0) is 46.6 Å². The van der Waals surface area contributed by atoms with E-state index in [1.165, 1.54) is 6.42 Å². The quantitative estimate of drug-likeness (QED) is 0.00754. The Morgan fingerprint density at radius 2 is 1.03 bits per heavy atom. The monoisotopic (exact) mass is 1000 g/mol. The molecule has 1 fully saturated rings. The molecule has 5 unspecified atom stereocenters. The van der Waals surface area contributed by atoms with Crippen LogP contribution in [-0.4, -0.2) is 109 Å². The van der Waals surface area contributed by atoms with Gasteiger partial charge in [-0.25, -0.2) is 9.13 Å². The van der Waals surface area contributed by atoms with Crippen molar-refractivity contribution in [3.05, 3.63) is 72.9 Å². The van der Waals surface area contributed by atoms with Crippen molar-refractivity contribution in [3.63, 3.8) is 0 Å². The van der Waals surface area contributed by atoms with Crippen molar-refractivity contribution in [1.82, 2.24) is 0 Å². The fraction of sp³-hybridized carbons (Fsp3) is 0.694. The Labute approximate surface area is 404 Å². The van der Waals surface area contributed by atoms with Crippen LogP contribution in [0.5, 0.6) is 0 Å². The molecule has 0 aromatic heterocycles. The van der Waals surface area contributed by atoms with Gasteiger partial charge >= 0.3 is 27.6 Å². The highest BCUT2D eigenvalue weighted by Gasteiger charge is 2.54. The maximum atomic E-state index is 13.0. The number of allylic oxidation sites excluding steroid dienone is 12. The first kappa shape index (κ1) is 63.1. The van der Waals surface area contributed by atoms with Gasteiger partial charge in [0.25, 0.3) is 0 Å². The summed E-state index contributed by atoms with van der Waals surface area (Å²) in [5, 5.41) is 41.3. The van der Waals surface area contributed by atoms with Crippen molar-refractivity contribution in [1.29, 1.82) is 0 Å². The Hall–Kier alpha value is -2.89. The molecule has 0 aromatic rings.